The molecule has 1 aromatic heterocycles. The normalized spacial score (nSPS) is 19.6. The number of carbonyl (C=O) groups is 2. The highest BCUT2D eigenvalue weighted by molar-refractivity contribution is 9.11. The Morgan fingerprint density at radius 1 is 1.53 bits per heavy atom. The summed E-state index contributed by atoms with van der Waals surface area (Å²) in [5, 5.41) is 8.86. The standard InChI is InChI=1S/C11H12BrNO3S/c12-9-2-1-8(17-9)5-10(14)13-4-3-7(6-13)11(15)16/h1-2,7H,3-6H2,(H,15,16). The molecule has 1 unspecified atom stereocenters. The number of hydrogen-bond donors (Lipinski definition) is 1. The summed E-state index contributed by atoms with van der Waals surface area (Å²) in [6, 6.07) is 3.83. The minimum absolute atomic E-state index is 0.0168. The molecule has 0 aliphatic carbocycles. The van der Waals surface area contributed by atoms with Crippen LogP contribution >= 0.6 is 27.3 Å². The van der Waals surface area contributed by atoms with Crippen LogP contribution in [-0.2, 0) is 16.0 Å². The van der Waals surface area contributed by atoms with Crippen molar-refractivity contribution in [2.75, 3.05) is 13.1 Å². The molecule has 0 spiro atoms. The van der Waals surface area contributed by atoms with Gasteiger partial charge in [-0.15, -0.1) is 11.3 Å². The van der Waals surface area contributed by atoms with Crippen molar-refractivity contribution in [3.63, 3.8) is 0 Å². The fourth-order valence-electron chi connectivity index (χ4n) is 1.90. The highest BCUT2D eigenvalue weighted by Crippen LogP contribution is 2.24. The Kier molecular flexibility index (Phi) is 3.83. The van der Waals surface area contributed by atoms with Gasteiger partial charge in [-0.3, -0.25) is 9.59 Å². The maximum absolute atomic E-state index is 11.9. The lowest BCUT2D eigenvalue weighted by Crippen LogP contribution is -2.30. The van der Waals surface area contributed by atoms with Crippen LogP contribution in [0.1, 0.15) is 11.3 Å². The van der Waals surface area contributed by atoms with Crippen LogP contribution in [0.25, 0.3) is 0 Å². The number of thiophene rings is 1. The van der Waals surface area contributed by atoms with Crippen molar-refractivity contribution in [3.8, 4) is 0 Å². The van der Waals surface area contributed by atoms with E-state index in [1.807, 2.05) is 12.1 Å². The van der Waals surface area contributed by atoms with E-state index in [2.05, 4.69) is 15.9 Å². The van der Waals surface area contributed by atoms with Crippen molar-refractivity contribution in [2.45, 2.75) is 12.8 Å². The van der Waals surface area contributed by atoms with Gasteiger partial charge in [-0.05, 0) is 34.5 Å². The van der Waals surface area contributed by atoms with Gasteiger partial charge < -0.3 is 10.0 Å². The first-order valence-corrected chi connectivity index (χ1v) is 6.92. The fourth-order valence-corrected chi connectivity index (χ4v) is 3.37. The van der Waals surface area contributed by atoms with Crippen LogP contribution in [0.5, 0.6) is 0 Å². The maximum Gasteiger partial charge on any atom is 0.308 e. The Morgan fingerprint density at radius 2 is 2.29 bits per heavy atom. The number of nitrogens with zero attached hydrogens (tertiary/aromatic N) is 1. The van der Waals surface area contributed by atoms with E-state index in [0.717, 1.165) is 8.66 Å². The van der Waals surface area contributed by atoms with E-state index in [4.69, 9.17) is 5.11 Å². The van der Waals surface area contributed by atoms with Gasteiger partial charge in [-0.1, -0.05) is 0 Å². The quantitative estimate of drug-likeness (QED) is 0.927. The van der Waals surface area contributed by atoms with Crippen LogP contribution in [0.3, 0.4) is 0 Å². The second-order valence-electron chi connectivity index (χ2n) is 4.05. The average Bonchev–Trinajstić information content (AvgIpc) is 2.86. The van der Waals surface area contributed by atoms with Crippen molar-refractivity contribution >= 4 is 39.1 Å². The topological polar surface area (TPSA) is 57.6 Å². The van der Waals surface area contributed by atoms with Gasteiger partial charge in [0, 0.05) is 18.0 Å². The van der Waals surface area contributed by atoms with Crippen molar-refractivity contribution in [1.29, 1.82) is 0 Å². The zero-order valence-corrected chi connectivity index (χ0v) is 11.5. The number of carbonyl (C=O) groups excluding carboxylic acids is 1. The number of carboxylic acid groups (broad SMARTS) is 1. The predicted molar refractivity (Wildman–Crippen MR) is 68.0 cm³/mol. The summed E-state index contributed by atoms with van der Waals surface area (Å²) in [4.78, 5) is 25.4. The molecule has 4 nitrogen and oxygen atoms in total. The van der Waals surface area contributed by atoms with Crippen molar-refractivity contribution in [2.24, 2.45) is 5.92 Å². The van der Waals surface area contributed by atoms with Crippen LogP contribution in [-0.4, -0.2) is 35.0 Å². The third-order valence-corrected chi connectivity index (χ3v) is 4.47. The third kappa shape index (κ3) is 3.07. The second-order valence-corrected chi connectivity index (χ2v) is 6.59. The largest absolute Gasteiger partial charge is 0.481 e. The Bertz CT molecular complexity index is 446. The molecule has 1 aliphatic rings. The maximum atomic E-state index is 11.9. The molecule has 2 rings (SSSR count). The highest BCUT2D eigenvalue weighted by atomic mass is 79.9. The van der Waals surface area contributed by atoms with Gasteiger partial charge in [0.25, 0.3) is 0 Å². The lowest BCUT2D eigenvalue weighted by Gasteiger charge is -2.14. The van der Waals surface area contributed by atoms with E-state index in [0.29, 0.717) is 25.9 Å². The molecule has 0 bridgehead atoms. The number of aliphatic carboxylic acids is 1. The van der Waals surface area contributed by atoms with Gasteiger partial charge >= 0.3 is 5.97 Å². The van der Waals surface area contributed by atoms with E-state index in [1.54, 1.807) is 4.90 Å². The minimum atomic E-state index is -0.806. The summed E-state index contributed by atoms with van der Waals surface area (Å²) in [7, 11) is 0. The lowest BCUT2D eigenvalue weighted by molar-refractivity contribution is -0.141. The molecule has 0 saturated carbocycles. The third-order valence-electron chi connectivity index (χ3n) is 2.84. The summed E-state index contributed by atoms with van der Waals surface area (Å²) in [5.41, 5.74) is 0. The van der Waals surface area contributed by atoms with Crippen molar-refractivity contribution < 1.29 is 14.7 Å². The Labute approximate surface area is 111 Å². The molecule has 1 atom stereocenters. The lowest BCUT2D eigenvalue weighted by atomic mass is 10.1. The molecule has 17 heavy (non-hydrogen) atoms. The number of hydrogen-bond acceptors (Lipinski definition) is 3. The van der Waals surface area contributed by atoms with Gasteiger partial charge in [0.15, 0.2) is 0 Å². The zero-order chi connectivity index (χ0) is 12.4. The first kappa shape index (κ1) is 12.6. The number of carboxylic acids is 1. The minimum Gasteiger partial charge on any atom is -0.481 e. The average molecular weight is 318 g/mol. The van der Waals surface area contributed by atoms with E-state index in [-0.39, 0.29) is 5.91 Å². The summed E-state index contributed by atoms with van der Waals surface area (Å²) >= 11 is 4.88. The summed E-state index contributed by atoms with van der Waals surface area (Å²) < 4.78 is 1.00. The summed E-state index contributed by atoms with van der Waals surface area (Å²) in [6.07, 6.45) is 0.928. The van der Waals surface area contributed by atoms with Crippen LogP contribution in [0.15, 0.2) is 15.9 Å². The fraction of sp³-hybridized carbons (Fsp3) is 0.455. The van der Waals surface area contributed by atoms with Gasteiger partial charge in [0.1, 0.15) is 0 Å². The first-order valence-electron chi connectivity index (χ1n) is 5.31. The highest BCUT2D eigenvalue weighted by Gasteiger charge is 2.30. The second kappa shape index (κ2) is 5.18. The molecule has 1 aliphatic heterocycles. The van der Waals surface area contributed by atoms with Crippen LogP contribution in [0.2, 0.25) is 0 Å². The number of halogens is 1. The van der Waals surface area contributed by atoms with Crippen LogP contribution in [0, 0.1) is 5.92 Å². The molecule has 1 aromatic rings. The predicted octanol–water partition coefficient (Wildman–Crippen LogP) is 1.99. The smallest absolute Gasteiger partial charge is 0.308 e. The number of amides is 1. The SMILES string of the molecule is O=C(O)C1CCN(C(=O)Cc2ccc(Br)s2)C1. The summed E-state index contributed by atoms with van der Waals surface area (Å²) in [5.74, 6) is -1.18. The van der Waals surface area contributed by atoms with Crippen LogP contribution < -0.4 is 0 Å². The van der Waals surface area contributed by atoms with Crippen molar-refractivity contribution in [3.05, 3.63) is 20.8 Å². The summed E-state index contributed by atoms with van der Waals surface area (Å²) in [6.45, 7) is 0.906. The molecule has 1 fully saturated rings. The van der Waals surface area contributed by atoms with Gasteiger partial charge in [0.05, 0.1) is 16.1 Å². The van der Waals surface area contributed by atoms with E-state index >= 15 is 0 Å². The van der Waals surface area contributed by atoms with E-state index in [1.165, 1.54) is 11.3 Å². The van der Waals surface area contributed by atoms with Crippen LogP contribution in [0.4, 0.5) is 0 Å². The molecule has 0 radical (unpaired) electrons. The number of rotatable bonds is 3. The molecule has 1 amide bonds. The number of likely N-dealkylation sites (tertiary alicyclic amines) is 1. The zero-order valence-electron chi connectivity index (χ0n) is 9.06. The molecular weight excluding hydrogens is 306 g/mol. The molecule has 2 heterocycles. The Balaban J connectivity index is 1.91. The molecule has 1 N–H and O–H groups in total. The first-order chi connectivity index (χ1) is 8.06. The van der Waals surface area contributed by atoms with E-state index < -0.39 is 11.9 Å². The van der Waals surface area contributed by atoms with Gasteiger partial charge in [-0.25, -0.2) is 0 Å². The van der Waals surface area contributed by atoms with Gasteiger partial charge in [0.2, 0.25) is 5.91 Å². The van der Waals surface area contributed by atoms with Gasteiger partial charge in [-0.2, -0.15) is 0 Å². The monoisotopic (exact) mass is 317 g/mol. The molecule has 0 aromatic carbocycles. The molecular formula is C11H12BrNO3S. The Morgan fingerprint density at radius 3 is 2.82 bits per heavy atom. The Hall–Kier alpha value is -0.880. The van der Waals surface area contributed by atoms with Crippen molar-refractivity contribution in [1.82, 2.24) is 4.90 Å². The van der Waals surface area contributed by atoms with E-state index in [9.17, 15) is 9.59 Å². The molecule has 1 saturated heterocycles. The molecule has 92 valence electrons. The molecule has 6 heteroatoms.